The third-order valence-electron chi connectivity index (χ3n) is 4.31. The number of nitrogens with one attached hydrogen (secondary N) is 1. The van der Waals surface area contributed by atoms with Gasteiger partial charge < -0.3 is 11.1 Å². The van der Waals surface area contributed by atoms with Gasteiger partial charge in [-0.15, -0.1) is 0 Å². The number of benzene rings is 2. The highest BCUT2D eigenvalue weighted by molar-refractivity contribution is 5.95. The van der Waals surface area contributed by atoms with E-state index in [1.807, 2.05) is 25.1 Å². The molecule has 2 aromatic heterocycles. The first-order valence-electron chi connectivity index (χ1n) is 8.57. The van der Waals surface area contributed by atoms with Gasteiger partial charge in [0.05, 0.1) is 17.3 Å². The van der Waals surface area contributed by atoms with Gasteiger partial charge in [-0.3, -0.25) is 0 Å². The van der Waals surface area contributed by atoms with E-state index in [2.05, 4.69) is 25.5 Å². The summed E-state index contributed by atoms with van der Waals surface area (Å²) in [5.74, 6) is -0.495. The summed E-state index contributed by atoms with van der Waals surface area (Å²) in [5.41, 5.74) is 7.84. The maximum Gasteiger partial charge on any atom is 0.131 e. The van der Waals surface area contributed by atoms with E-state index in [4.69, 9.17) is 5.73 Å². The number of anilines is 2. The van der Waals surface area contributed by atoms with E-state index in [1.165, 1.54) is 18.5 Å². The van der Waals surface area contributed by atoms with Crippen LogP contribution < -0.4 is 11.1 Å². The van der Waals surface area contributed by atoms with Crippen molar-refractivity contribution in [2.45, 2.75) is 13.0 Å². The molecule has 4 aromatic rings. The highest BCUT2D eigenvalue weighted by atomic mass is 19.1. The first-order valence-corrected chi connectivity index (χ1v) is 8.57. The van der Waals surface area contributed by atoms with E-state index in [0.717, 1.165) is 11.5 Å². The molecule has 0 spiro atoms. The molecule has 0 unspecified atom stereocenters. The van der Waals surface area contributed by atoms with Gasteiger partial charge in [0.2, 0.25) is 0 Å². The third kappa shape index (κ3) is 3.44. The Hall–Kier alpha value is -3.68. The minimum Gasteiger partial charge on any atom is -0.384 e. The van der Waals surface area contributed by atoms with Crippen molar-refractivity contribution in [3.63, 3.8) is 0 Å². The summed E-state index contributed by atoms with van der Waals surface area (Å²) in [6.07, 6.45) is 1.35. The Morgan fingerprint density at radius 1 is 0.964 bits per heavy atom. The first-order chi connectivity index (χ1) is 13.5. The SMILES string of the molecule is C[C@H](Nc1cc(N)ncn1)c1nnc2ccccc2c1-c1cc(F)cc(F)c1. The number of nitrogen functional groups attached to an aromatic ring is 1. The Morgan fingerprint density at radius 2 is 1.71 bits per heavy atom. The van der Waals surface area contributed by atoms with E-state index < -0.39 is 11.6 Å². The molecule has 140 valence electrons. The zero-order chi connectivity index (χ0) is 19.7. The molecule has 6 nitrogen and oxygen atoms in total. The van der Waals surface area contributed by atoms with E-state index >= 15 is 0 Å². The predicted octanol–water partition coefficient (Wildman–Crippen LogP) is 4.12. The number of hydrogen-bond acceptors (Lipinski definition) is 6. The van der Waals surface area contributed by atoms with Crippen LogP contribution >= 0.6 is 0 Å². The van der Waals surface area contributed by atoms with Crippen LogP contribution in [0.15, 0.2) is 54.9 Å². The van der Waals surface area contributed by atoms with E-state index in [0.29, 0.717) is 34.0 Å². The lowest BCUT2D eigenvalue weighted by Gasteiger charge is -2.19. The molecule has 8 heteroatoms. The van der Waals surface area contributed by atoms with Gasteiger partial charge in [-0.05, 0) is 30.7 Å². The molecule has 4 rings (SSSR count). The molecule has 0 amide bonds. The molecule has 28 heavy (non-hydrogen) atoms. The average Bonchev–Trinajstić information content (AvgIpc) is 2.66. The monoisotopic (exact) mass is 378 g/mol. The molecular formula is C20H16F2N6. The Morgan fingerprint density at radius 3 is 2.46 bits per heavy atom. The molecule has 0 aliphatic heterocycles. The summed E-state index contributed by atoms with van der Waals surface area (Å²) >= 11 is 0. The topological polar surface area (TPSA) is 89.6 Å². The zero-order valence-electron chi connectivity index (χ0n) is 14.9. The fourth-order valence-electron chi connectivity index (χ4n) is 3.11. The summed E-state index contributed by atoms with van der Waals surface area (Å²) in [7, 11) is 0. The van der Waals surface area contributed by atoms with Crippen molar-refractivity contribution in [1.29, 1.82) is 0 Å². The lowest BCUT2D eigenvalue weighted by Crippen LogP contribution is -2.13. The lowest BCUT2D eigenvalue weighted by molar-refractivity contribution is 0.584. The quantitative estimate of drug-likeness (QED) is 0.555. The van der Waals surface area contributed by atoms with Crippen LogP contribution in [-0.2, 0) is 0 Å². The standard InChI is InChI=1S/C20H16F2N6/c1-11(26-18-9-17(23)24-10-25-18)20-19(12-6-13(21)8-14(22)7-12)15-4-2-3-5-16(15)27-28-20/h2-11H,1H3,(H3,23,24,25,26)/t11-/m0/s1. The summed E-state index contributed by atoms with van der Waals surface area (Å²) in [4.78, 5) is 7.99. The van der Waals surface area contributed by atoms with Crippen LogP contribution in [0, 0.1) is 11.6 Å². The number of nitrogens with two attached hydrogens (primary N) is 1. The number of rotatable bonds is 4. The summed E-state index contributed by atoms with van der Waals surface area (Å²) in [6, 6.07) is 11.9. The molecular weight excluding hydrogens is 362 g/mol. The fraction of sp³-hybridized carbons (Fsp3) is 0.100. The Bertz CT molecular complexity index is 1140. The van der Waals surface area contributed by atoms with Gasteiger partial charge in [0, 0.05) is 23.1 Å². The van der Waals surface area contributed by atoms with Crippen LogP contribution in [0.2, 0.25) is 0 Å². The molecule has 0 aliphatic carbocycles. The molecule has 1 atom stereocenters. The Balaban J connectivity index is 1.88. The molecule has 0 aliphatic rings. The molecule has 0 bridgehead atoms. The van der Waals surface area contributed by atoms with Crippen LogP contribution in [0.4, 0.5) is 20.4 Å². The number of nitrogens with zero attached hydrogens (tertiary/aromatic N) is 4. The van der Waals surface area contributed by atoms with Crippen molar-refractivity contribution < 1.29 is 8.78 Å². The van der Waals surface area contributed by atoms with Crippen molar-refractivity contribution >= 4 is 22.5 Å². The molecule has 2 aromatic carbocycles. The van der Waals surface area contributed by atoms with Crippen molar-refractivity contribution in [2.75, 3.05) is 11.1 Å². The maximum absolute atomic E-state index is 13.9. The fourth-order valence-corrected chi connectivity index (χ4v) is 3.11. The van der Waals surface area contributed by atoms with Gasteiger partial charge in [-0.1, -0.05) is 18.2 Å². The van der Waals surface area contributed by atoms with Crippen molar-refractivity contribution in [3.05, 3.63) is 72.2 Å². The minimum atomic E-state index is -0.661. The third-order valence-corrected chi connectivity index (χ3v) is 4.31. The first kappa shape index (κ1) is 17.7. The highest BCUT2D eigenvalue weighted by Crippen LogP contribution is 2.34. The molecule has 2 heterocycles. The van der Waals surface area contributed by atoms with Crippen LogP contribution in [0.1, 0.15) is 18.7 Å². The normalized spacial score (nSPS) is 12.1. The lowest BCUT2D eigenvalue weighted by atomic mass is 9.96. The van der Waals surface area contributed by atoms with Gasteiger partial charge in [0.25, 0.3) is 0 Å². The molecule has 0 radical (unpaired) electrons. The van der Waals surface area contributed by atoms with Crippen LogP contribution in [-0.4, -0.2) is 20.2 Å². The highest BCUT2D eigenvalue weighted by Gasteiger charge is 2.19. The Kier molecular flexibility index (Phi) is 4.52. The summed E-state index contributed by atoms with van der Waals surface area (Å²) < 4.78 is 27.8. The molecule has 0 saturated carbocycles. The molecule has 0 saturated heterocycles. The summed E-state index contributed by atoms with van der Waals surface area (Å²) in [6.45, 7) is 1.86. The van der Waals surface area contributed by atoms with Crippen LogP contribution in [0.25, 0.3) is 22.0 Å². The van der Waals surface area contributed by atoms with Gasteiger partial charge in [-0.25, -0.2) is 18.7 Å². The number of halogens is 2. The zero-order valence-corrected chi connectivity index (χ0v) is 14.9. The van der Waals surface area contributed by atoms with Gasteiger partial charge in [-0.2, -0.15) is 10.2 Å². The second-order valence-corrected chi connectivity index (χ2v) is 6.33. The predicted molar refractivity (Wildman–Crippen MR) is 103 cm³/mol. The Labute approximate surface area is 159 Å². The van der Waals surface area contributed by atoms with Crippen molar-refractivity contribution in [1.82, 2.24) is 20.2 Å². The molecule has 0 fully saturated rings. The van der Waals surface area contributed by atoms with Crippen molar-refractivity contribution in [3.8, 4) is 11.1 Å². The maximum atomic E-state index is 13.9. The second-order valence-electron chi connectivity index (χ2n) is 6.33. The largest absolute Gasteiger partial charge is 0.384 e. The average molecular weight is 378 g/mol. The number of aromatic nitrogens is 4. The molecule has 3 N–H and O–H groups in total. The van der Waals surface area contributed by atoms with Crippen LogP contribution in [0.5, 0.6) is 0 Å². The number of fused-ring (bicyclic) bond motifs is 1. The van der Waals surface area contributed by atoms with Crippen LogP contribution in [0.3, 0.4) is 0 Å². The second kappa shape index (κ2) is 7.15. The van der Waals surface area contributed by atoms with Gasteiger partial charge in [0.1, 0.15) is 29.6 Å². The van der Waals surface area contributed by atoms with E-state index in [9.17, 15) is 8.78 Å². The minimum absolute atomic E-state index is 0.321. The van der Waals surface area contributed by atoms with E-state index in [-0.39, 0.29) is 6.04 Å². The van der Waals surface area contributed by atoms with Crippen molar-refractivity contribution in [2.24, 2.45) is 0 Å². The summed E-state index contributed by atoms with van der Waals surface area (Å²) in [5, 5.41) is 12.5. The van der Waals surface area contributed by atoms with Gasteiger partial charge in [0.15, 0.2) is 0 Å². The smallest absolute Gasteiger partial charge is 0.131 e. The van der Waals surface area contributed by atoms with Gasteiger partial charge >= 0.3 is 0 Å². The van der Waals surface area contributed by atoms with E-state index in [1.54, 1.807) is 12.1 Å². The number of hydrogen-bond donors (Lipinski definition) is 2.